The number of rotatable bonds is 6. The third kappa shape index (κ3) is 3.71. The maximum Gasteiger partial charge on any atom is 0.0101 e. The highest BCUT2D eigenvalue weighted by atomic mass is 15.0. The Bertz CT molecular complexity index is 224. The Kier molecular flexibility index (Phi) is 4.52. The normalized spacial score (nSPS) is 32.3. The summed E-state index contributed by atoms with van der Waals surface area (Å²) in [6.07, 6.45) is 8.71. The van der Waals surface area contributed by atoms with Gasteiger partial charge in [0.05, 0.1) is 0 Å². The molecule has 0 radical (unpaired) electrons. The molecule has 0 aromatic carbocycles. The van der Waals surface area contributed by atoms with Gasteiger partial charge in [-0.25, -0.2) is 0 Å². The van der Waals surface area contributed by atoms with Gasteiger partial charge in [0.2, 0.25) is 0 Å². The summed E-state index contributed by atoms with van der Waals surface area (Å²) in [5, 5.41) is 4.01. The maximum atomic E-state index is 4.01. The van der Waals surface area contributed by atoms with Crippen molar-refractivity contribution in [1.82, 2.24) is 5.32 Å². The van der Waals surface area contributed by atoms with Gasteiger partial charge >= 0.3 is 0 Å². The minimum absolute atomic E-state index is 0.763. The number of hydrogen-bond donors (Lipinski definition) is 1. The molecule has 2 saturated carbocycles. The molecule has 0 aliphatic heterocycles. The number of hydrogen-bond acceptors (Lipinski definition) is 1. The molecule has 0 aromatic heterocycles. The van der Waals surface area contributed by atoms with E-state index in [-0.39, 0.29) is 0 Å². The Morgan fingerprint density at radius 3 is 2.00 bits per heavy atom. The molecule has 2 bridgehead atoms. The largest absolute Gasteiger partial charge is 0.311 e. The molecule has 2 aliphatic rings. The SMILES string of the molecule is CC(C)CC(CC(C)C)NC1CC2CCC1C2. The topological polar surface area (TPSA) is 12.0 Å². The molecule has 0 amide bonds. The van der Waals surface area contributed by atoms with Gasteiger partial charge in [-0.2, -0.15) is 0 Å². The second-order valence-electron chi connectivity index (χ2n) is 7.40. The van der Waals surface area contributed by atoms with Crippen LogP contribution in [0, 0.1) is 23.7 Å². The van der Waals surface area contributed by atoms with E-state index in [1.54, 1.807) is 0 Å². The van der Waals surface area contributed by atoms with Gasteiger partial charge in [-0.05, 0) is 55.8 Å². The number of fused-ring (bicyclic) bond motifs is 2. The van der Waals surface area contributed by atoms with E-state index in [4.69, 9.17) is 0 Å². The molecule has 0 aromatic rings. The lowest BCUT2D eigenvalue weighted by Gasteiger charge is -2.30. The van der Waals surface area contributed by atoms with Gasteiger partial charge in [-0.3, -0.25) is 0 Å². The van der Waals surface area contributed by atoms with Crippen molar-refractivity contribution >= 4 is 0 Å². The van der Waals surface area contributed by atoms with Crippen molar-refractivity contribution in [2.24, 2.45) is 23.7 Å². The average Bonchev–Trinajstić information content (AvgIpc) is 2.76. The molecule has 100 valence electrons. The first-order chi connectivity index (χ1) is 8.04. The summed E-state index contributed by atoms with van der Waals surface area (Å²) in [5.74, 6) is 3.73. The van der Waals surface area contributed by atoms with E-state index in [2.05, 4.69) is 33.0 Å². The van der Waals surface area contributed by atoms with E-state index in [0.29, 0.717) is 0 Å². The zero-order chi connectivity index (χ0) is 12.4. The van der Waals surface area contributed by atoms with Crippen molar-refractivity contribution in [3.05, 3.63) is 0 Å². The summed E-state index contributed by atoms with van der Waals surface area (Å²) in [7, 11) is 0. The highest BCUT2D eigenvalue weighted by Crippen LogP contribution is 2.44. The van der Waals surface area contributed by atoms with Gasteiger partial charge in [-0.1, -0.05) is 34.1 Å². The van der Waals surface area contributed by atoms with Gasteiger partial charge in [0.1, 0.15) is 0 Å². The minimum Gasteiger partial charge on any atom is -0.311 e. The van der Waals surface area contributed by atoms with Crippen LogP contribution < -0.4 is 5.32 Å². The first-order valence-electron chi connectivity index (χ1n) is 7.80. The van der Waals surface area contributed by atoms with Crippen LogP contribution in [0.4, 0.5) is 0 Å². The van der Waals surface area contributed by atoms with Crippen molar-refractivity contribution in [1.29, 1.82) is 0 Å². The lowest BCUT2D eigenvalue weighted by molar-refractivity contribution is 0.272. The van der Waals surface area contributed by atoms with Crippen molar-refractivity contribution in [3.8, 4) is 0 Å². The Morgan fingerprint density at radius 2 is 1.59 bits per heavy atom. The van der Waals surface area contributed by atoms with Crippen LogP contribution in [-0.4, -0.2) is 12.1 Å². The molecule has 1 N–H and O–H groups in total. The molecular formula is C16H31N. The fourth-order valence-electron chi connectivity index (χ4n) is 4.12. The summed E-state index contributed by atoms with van der Waals surface area (Å²) in [6.45, 7) is 9.43. The van der Waals surface area contributed by atoms with Crippen molar-refractivity contribution in [2.45, 2.75) is 78.3 Å². The summed E-state index contributed by atoms with van der Waals surface area (Å²) < 4.78 is 0. The molecule has 2 aliphatic carbocycles. The number of nitrogens with one attached hydrogen (secondary N) is 1. The molecule has 2 fully saturated rings. The average molecular weight is 237 g/mol. The Hall–Kier alpha value is -0.0400. The summed E-state index contributed by atoms with van der Waals surface area (Å²) in [4.78, 5) is 0. The summed E-state index contributed by atoms with van der Waals surface area (Å²) >= 11 is 0. The fraction of sp³-hybridized carbons (Fsp3) is 1.00. The molecule has 0 spiro atoms. The van der Waals surface area contributed by atoms with Crippen LogP contribution in [0.1, 0.15) is 66.2 Å². The molecule has 0 heterocycles. The second-order valence-corrected chi connectivity index (χ2v) is 7.40. The van der Waals surface area contributed by atoms with Crippen molar-refractivity contribution < 1.29 is 0 Å². The highest BCUT2D eigenvalue weighted by Gasteiger charge is 2.40. The Morgan fingerprint density at radius 1 is 0.941 bits per heavy atom. The van der Waals surface area contributed by atoms with Gasteiger partial charge < -0.3 is 5.32 Å². The first-order valence-corrected chi connectivity index (χ1v) is 7.80. The predicted molar refractivity (Wildman–Crippen MR) is 75.1 cm³/mol. The molecular weight excluding hydrogens is 206 g/mol. The lowest BCUT2D eigenvalue weighted by atomic mass is 9.91. The van der Waals surface area contributed by atoms with E-state index in [1.165, 1.54) is 38.5 Å². The van der Waals surface area contributed by atoms with Crippen LogP contribution in [0.25, 0.3) is 0 Å². The van der Waals surface area contributed by atoms with E-state index in [0.717, 1.165) is 35.8 Å². The van der Waals surface area contributed by atoms with Crippen molar-refractivity contribution in [2.75, 3.05) is 0 Å². The zero-order valence-electron chi connectivity index (χ0n) is 12.2. The Labute approximate surface area is 108 Å². The van der Waals surface area contributed by atoms with Crippen molar-refractivity contribution in [3.63, 3.8) is 0 Å². The van der Waals surface area contributed by atoms with Gasteiger partial charge in [-0.15, -0.1) is 0 Å². The predicted octanol–water partition coefficient (Wildman–Crippen LogP) is 4.23. The molecule has 2 rings (SSSR count). The zero-order valence-corrected chi connectivity index (χ0v) is 12.2. The third-order valence-corrected chi connectivity index (χ3v) is 4.70. The van der Waals surface area contributed by atoms with Crippen LogP contribution in [0.5, 0.6) is 0 Å². The molecule has 3 unspecified atom stereocenters. The standard InChI is InChI=1S/C16H31N/c1-11(2)7-15(8-12(3)4)17-16-10-13-5-6-14(16)9-13/h11-17H,5-10H2,1-4H3. The van der Waals surface area contributed by atoms with E-state index >= 15 is 0 Å². The fourth-order valence-corrected chi connectivity index (χ4v) is 4.12. The summed E-state index contributed by atoms with van der Waals surface area (Å²) in [5.41, 5.74) is 0. The highest BCUT2D eigenvalue weighted by molar-refractivity contribution is 4.95. The maximum absolute atomic E-state index is 4.01. The minimum atomic E-state index is 0.763. The van der Waals surface area contributed by atoms with Gasteiger partial charge in [0.15, 0.2) is 0 Å². The van der Waals surface area contributed by atoms with Crippen LogP contribution >= 0.6 is 0 Å². The van der Waals surface area contributed by atoms with E-state index in [9.17, 15) is 0 Å². The van der Waals surface area contributed by atoms with Gasteiger partial charge in [0, 0.05) is 12.1 Å². The van der Waals surface area contributed by atoms with Gasteiger partial charge in [0.25, 0.3) is 0 Å². The van der Waals surface area contributed by atoms with Crippen LogP contribution in [0.2, 0.25) is 0 Å². The quantitative estimate of drug-likeness (QED) is 0.729. The smallest absolute Gasteiger partial charge is 0.0101 e. The van der Waals surface area contributed by atoms with Crippen LogP contribution in [0.15, 0.2) is 0 Å². The first kappa shape index (κ1) is 13.4. The molecule has 3 atom stereocenters. The molecule has 0 saturated heterocycles. The van der Waals surface area contributed by atoms with Crippen LogP contribution in [0.3, 0.4) is 0 Å². The van der Waals surface area contributed by atoms with E-state index < -0.39 is 0 Å². The Balaban J connectivity index is 1.83. The lowest BCUT2D eigenvalue weighted by Crippen LogP contribution is -2.42. The summed E-state index contributed by atoms with van der Waals surface area (Å²) in [6, 6.07) is 1.62. The van der Waals surface area contributed by atoms with E-state index in [1.807, 2.05) is 0 Å². The van der Waals surface area contributed by atoms with Crippen LogP contribution in [-0.2, 0) is 0 Å². The second kappa shape index (κ2) is 5.73. The molecule has 17 heavy (non-hydrogen) atoms. The monoisotopic (exact) mass is 237 g/mol. The molecule has 1 nitrogen and oxygen atoms in total. The third-order valence-electron chi connectivity index (χ3n) is 4.70. The molecule has 1 heteroatoms.